The zero-order valence-corrected chi connectivity index (χ0v) is 12.3. The Hall–Kier alpha value is -1.72. The van der Waals surface area contributed by atoms with Crippen molar-refractivity contribution in [1.82, 2.24) is 15.0 Å². The SMILES string of the molecule is CCN(Cc1ccccc1)Cc1nc(C(C)(C)N)no1. The summed E-state index contributed by atoms with van der Waals surface area (Å²) < 4.78 is 5.28. The topological polar surface area (TPSA) is 68.2 Å². The van der Waals surface area contributed by atoms with E-state index in [0.717, 1.165) is 13.1 Å². The Balaban J connectivity index is 2.01. The van der Waals surface area contributed by atoms with E-state index >= 15 is 0 Å². The van der Waals surface area contributed by atoms with Crippen molar-refractivity contribution < 1.29 is 4.52 Å². The van der Waals surface area contributed by atoms with E-state index in [-0.39, 0.29) is 0 Å². The van der Waals surface area contributed by atoms with Gasteiger partial charge in [0.15, 0.2) is 5.82 Å². The number of aromatic nitrogens is 2. The Bertz CT molecular complexity index is 530. The van der Waals surface area contributed by atoms with E-state index in [9.17, 15) is 0 Å². The Morgan fingerprint density at radius 1 is 1.20 bits per heavy atom. The molecule has 20 heavy (non-hydrogen) atoms. The van der Waals surface area contributed by atoms with Gasteiger partial charge in [0, 0.05) is 6.54 Å². The van der Waals surface area contributed by atoms with Gasteiger partial charge in [-0.25, -0.2) is 0 Å². The number of hydrogen-bond acceptors (Lipinski definition) is 5. The molecule has 0 amide bonds. The first kappa shape index (κ1) is 14.7. The second-order valence-corrected chi connectivity index (χ2v) is 5.52. The van der Waals surface area contributed by atoms with Crippen molar-refractivity contribution in [3.8, 4) is 0 Å². The van der Waals surface area contributed by atoms with Gasteiger partial charge in [-0.15, -0.1) is 0 Å². The summed E-state index contributed by atoms with van der Waals surface area (Å²) in [6.07, 6.45) is 0. The monoisotopic (exact) mass is 274 g/mol. The van der Waals surface area contributed by atoms with Crippen LogP contribution in [-0.2, 0) is 18.6 Å². The molecule has 0 saturated carbocycles. The highest BCUT2D eigenvalue weighted by atomic mass is 16.5. The molecule has 0 spiro atoms. The minimum atomic E-state index is -0.571. The molecule has 1 aromatic carbocycles. The lowest BCUT2D eigenvalue weighted by Crippen LogP contribution is -2.30. The lowest BCUT2D eigenvalue weighted by atomic mass is 10.1. The first-order valence-corrected chi connectivity index (χ1v) is 6.87. The Morgan fingerprint density at radius 3 is 2.45 bits per heavy atom. The second-order valence-electron chi connectivity index (χ2n) is 5.52. The molecule has 0 aliphatic heterocycles. The van der Waals surface area contributed by atoms with Crippen LogP contribution >= 0.6 is 0 Å². The third-order valence-electron chi connectivity index (χ3n) is 3.10. The van der Waals surface area contributed by atoms with Crippen LogP contribution in [0, 0.1) is 0 Å². The molecule has 0 unspecified atom stereocenters. The van der Waals surface area contributed by atoms with Crippen molar-refractivity contribution in [3.05, 3.63) is 47.6 Å². The lowest BCUT2D eigenvalue weighted by molar-refractivity contribution is 0.228. The first-order valence-electron chi connectivity index (χ1n) is 6.87. The van der Waals surface area contributed by atoms with E-state index in [0.29, 0.717) is 18.3 Å². The molecule has 1 heterocycles. The summed E-state index contributed by atoms with van der Waals surface area (Å²) in [4.78, 5) is 6.61. The molecule has 2 N–H and O–H groups in total. The molecule has 5 heteroatoms. The number of hydrogen-bond donors (Lipinski definition) is 1. The van der Waals surface area contributed by atoms with Crippen LogP contribution in [0.15, 0.2) is 34.9 Å². The fraction of sp³-hybridized carbons (Fsp3) is 0.467. The zero-order valence-electron chi connectivity index (χ0n) is 12.3. The van der Waals surface area contributed by atoms with Crippen molar-refractivity contribution in [3.63, 3.8) is 0 Å². The van der Waals surface area contributed by atoms with Crippen molar-refractivity contribution in [2.75, 3.05) is 6.54 Å². The predicted octanol–water partition coefficient (Wildman–Crippen LogP) is 2.29. The van der Waals surface area contributed by atoms with E-state index < -0.39 is 5.54 Å². The molecular formula is C15H22N4O. The molecule has 0 atom stereocenters. The highest BCUT2D eigenvalue weighted by Crippen LogP contribution is 2.14. The molecule has 5 nitrogen and oxygen atoms in total. The summed E-state index contributed by atoms with van der Waals surface area (Å²) in [5.74, 6) is 1.15. The summed E-state index contributed by atoms with van der Waals surface area (Å²) in [5.41, 5.74) is 6.66. The molecule has 108 valence electrons. The molecule has 1 aromatic heterocycles. The van der Waals surface area contributed by atoms with Crippen LogP contribution in [0.4, 0.5) is 0 Å². The fourth-order valence-electron chi connectivity index (χ4n) is 1.89. The van der Waals surface area contributed by atoms with Crippen molar-refractivity contribution in [2.45, 2.75) is 39.4 Å². The number of nitrogens with zero attached hydrogens (tertiary/aromatic N) is 3. The normalized spacial score (nSPS) is 12.1. The van der Waals surface area contributed by atoms with Crippen LogP contribution in [0.3, 0.4) is 0 Å². The number of nitrogens with two attached hydrogens (primary N) is 1. The van der Waals surface area contributed by atoms with Crippen LogP contribution in [0.5, 0.6) is 0 Å². The second kappa shape index (κ2) is 6.15. The third kappa shape index (κ3) is 3.88. The highest BCUT2D eigenvalue weighted by Gasteiger charge is 2.22. The molecule has 0 aliphatic carbocycles. The Kier molecular flexibility index (Phi) is 4.52. The third-order valence-corrected chi connectivity index (χ3v) is 3.10. The molecule has 0 saturated heterocycles. The molecule has 0 fully saturated rings. The van der Waals surface area contributed by atoms with Crippen molar-refractivity contribution in [2.24, 2.45) is 5.73 Å². The van der Waals surface area contributed by atoms with E-state index in [4.69, 9.17) is 10.3 Å². The van der Waals surface area contributed by atoms with Gasteiger partial charge < -0.3 is 10.3 Å². The Labute approximate surface area is 119 Å². The predicted molar refractivity (Wildman–Crippen MR) is 77.7 cm³/mol. The van der Waals surface area contributed by atoms with Crippen LogP contribution in [-0.4, -0.2) is 21.6 Å². The van der Waals surface area contributed by atoms with Gasteiger partial charge in [-0.3, -0.25) is 4.90 Å². The molecular weight excluding hydrogens is 252 g/mol. The molecule has 0 bridgehead atoms. The van der Waals surface area contributed by atoms with Gasteiger partial charge in [0.1, 0.15) is 0 Å². The van der Waals surface area contributed by atoms with E-state index in [1.54, 1.807) is 0 Å². The van der Waals surface area contributed by atoms with Gasteiger partial charge in [0.25, 0.3) is 0 Å². The molecule has 2 aromatic rings. The van der Waals surface area contributed by atoms with Gasteiger partial charge in [-0.2, -0.15) is 4.98 Å². The quantitative estimate of drug-likeness (QED) is 0.875. The van der Waals surface area contributed by atoms with Gasteiger partial charge in [-0.1, -0.05) is 42.4 Å². The maximum atomic E-state index is 5.96. The number of benzene rings is 1. The van der Waals surface area contributed by atoms with Crippen molar-refractivity contribution >= 4 is 0 Å². The fourth-order valence-corrected chi connectivity index (χ4v) is 1.89. The van der Waals surface area contributed by atoms with Crippen LogP contribution in [0.2, 0.25) is 0 Å². The highest BCUT2D eigenvalue weighted by molar-refractivity contribution is 5.14. The van der Waals surface area contributed by atoms with Crippen LogP contribution < -0.4 is 5.73 Å². The average Bonchev–Trinajstić information content (AvgIpc) is 2.87. The van der Waals surface area contributed by atoms with Crippen LogP contribution in [0.25, 0.3) is 0 Å². The van der Waals surface area contributed by atoms with Gasteiger partial charge in [0.05, 0.1) is 12.1 Å². The largest absolute Gasteiger partial charge is 0.338 e. The zero-order chi connectivity index (χ0) is 14.6. The van der Waals surface area contributed by atoms with Gasteiger partial charge >= 0.3 is 0 Å². The lowest BCUT2D eigenvalue weighted by Gasteiger charge is -2.18. The summed E-state index contributed by atoms with van der Waals surface area (Å²) in [7, 11) is 0. The van der Waals surface area contributed by atoms with Gasteiger partial charge in [0.2, 0.25) is 5.89 Å². The van der Waals surface area contributed by atoms with Crippen LogP contribution in [0.1, 0.15) is 38.0 Å². The molecule has 2 rings (SSSR count). The molecule has 0 radical (unpaired) electrons. The maximum Gasteiger partial charge on any atom is 0.240 e. The van der Waals surface area contributed by atoms with E-state index in [1.807, 2.05) is 32.0 Å². The average molecular weight is 274 g/mol. The van der Waals surface area contributed by atoms with Crippen molar-refractivity contribution in [1.29, 1.82) is 0 Å². The Morgan fingerprint density at radius 2 is 1.90 bits per heavy atom. The smallest absolute Gasteiger partial charge is 0.240 e. The summed E-state index contributed by atoms with van der Waals surface area (Å²) in [6, 6.07) is 10.3. The summed E-state index contributed by atoms with van der Waals surface area (Å²) in [5, 5.41) is 3.94. The van der Waals surface area contributed by atoms with E-state index in [2.05, 4.69) is 34.1 Å². The van der Waals surface area contributed by atoms with Gasteiger partial charge in [-0.05, 0) is 26.0 Å². The van der Waals surface area contributed by atoms with E-state index in [1.165, 1.54) is 5.56 Å². The summed E-state index contributed by atoms with van der Waals surface area (Å²) >= 11 is 0. The number of rotatable bonds is 6. The first-order chi connectivity index (χ1) is 9.49. The molecule has 0 aliphatic rings. The minimum Gasteiger partial charge on any atom is -0.338 e. The maximum absolute atomic E-state index is 5.96. The minimum absolute atomic E-state index is 0.545. The summed E-state index contributed by atoms with van der Waals surface area (Å²) in [6.45, 7) is 8.26. The standard InChI is InChI=1S/C15H22N4O/c1-4-19(10-12-8-6-5-7-9-12)11-13-17-14(18-20-13)15(2,3)16/h5-9H,4,10-11,16H2,1-3H3.